The van der Waals surface area contributed by atoms with Crippen LogP contribution in [0.2, 0.25) is 0 Å². The summed E-state index contributed by atoms with van der Waals surface area (Å²) in [4.78, 5) is 11.6. The molecule has 0 aromatic rings. The summed E-state index contributed by atoms with van der Waals surface area (Å²) < 4.78 is 26.4. The van der Waals surface area contributed by atoms with Crippen molar-refractivity contribution < 1.29 is 79.5 Å². The summed E-state index contributed by atoms with van der Waals surface area (Å²) in [6, 6.07) is 0. The lowest BCUT2D eigenvalue weighted by atomic mass is 9.96. The highest BCUT2D eigenvalue weighted by Crippen LogP contribution is 2.30. The van der Waals surface area contributed by atoms with Crippen molar-refractivity contribution in [1.29, 1.82) is 0 Å². The van der Waals surface area contributed by atoms with E-state index < -0.39 is 112 Å². The number of ether oxygens (including phenoxy) is 5. The Labute approximate surface area is 192 Å². The van der Waals surface area contributed by atoms with E-state index >= 15 is 0 Å². The molecule has 0 saturated carbocycles. The largest absolute Gasteiger partial charge is 0.479 e. The quantitative estimate of drug-likeness (QED) is 0.155. The van der Waals surface area contributed by atoms with E-state index in [0.717, 1.165) is 0 Å². The average Bonchev–Trinajstić information content (AvgIpc) is 2.81. The molecule has 14 atom stereocenters. The summed E-state index contributed by atoms with van der Waals surface area (Å²) in [6.07, 6.45) is -23.7. The molecule has 6 unspecified atom stereocenters. The van der Waals surface area contributed by atoms with Gasteiger partial charge in [0.1, 0.15) is 67.1 Å². The first-order valence-corrected chi connectivity index (χ1v) is 10.5. The Morgan fingerprint density at radius 3 is 1.62 bits per heavy atom. The van der Waals surface area contributed by atoms with Crippen LogP contribution < -0.4 is 0 Å². The Morgan fingerprint density at radius 2 is 1.18 bits per heavy atom. The average molecular weight is 502 g/mol. The fraction of sp³-hybridized carbons (Fsp3) is 0.944. The minimum absolute atomic E-state index is 0.554. The molecule has 0 aromatic carbocycles. The number of carbonyl (C=O) groups is 1. The summed E-state index contributed by atoms with van der Waals surface area (Å²) >= 11 is 0. The van der Waals surface area contributed by atoms with Crippen LogP contribution in [0.1, 0.15) is 0 Å². The van der Waals surface area contributed by atoms with Crippen molar-refractivity contribution in [1.82, 2.24) is 0 Å². The second kappa shape index (κ2) is 11.3. The molecule has 0 bridgehead atoms. The Hall–Kier alpha value is -1.09. The van der Waals surface area contributed by atoms with Gasteiger partial charge in [-0.1, -0.05) is 0 Å². The van der Waals surface area contributed by atoms with Gasteiger partial charge >= 0.3 is 5.97 Å². The molecule has 0 amide bonds. The summed E-state index contributed by atoms with van der Waals surface area (Å²) in [5.41, 5.74) is 0. The number of aliphatic hydroxyl groups excluding tert-OH is 9. The van der Waals surface area contributed by atoms with E-state index in [1.165, 1.54) is 0 Å². The van der Waals surface area contributed by atoms with E-state index in [0.29, 0.717) is 0 Å². The maximum atomic E-state index is 11.6. The molecular weight excluding hydrogens is 472 g/mol. The van der Waals surface area contributed by atoms with Gasteiger partial charge in [0.25, 0.3) is 0 Å². The SMILES string of the molecule is O=C(O)C1OCC(O[C@@H]2OC(CO)[C@@H](O)[C@@H](O)C2O)[C@H](O)[C@@H]1O[C@@H]1OC(CO)[C@@H](O)[C@@H](O)C1O. The van der Waals surface area contributed by atoms with Crippen LogP contribution in [-0.4, -0.2) is 163 Å². The number of carboxylic acids is 1. The smallest absolute Gasteiger partial charge is 0.335 e. The molecule has 16 nitrogen and oxygen atoms in total. The third kappa shape index (κ3) is 5.35. The van der Waals surface area contributed by atoms with Gasteiger partial charge in [0.05, 0.1) is 19.8 Å². The Balaban J connectivity index is 1.75. The van der Waals surface area contributed by atoms with E-state index in [1.54, 1.807) is 0 Å². The van der Waals surface area contributed by atoms with Gasteiger partial charge in [0, 0.05) is 0 Å². The van der Waals surface area contributed by atoms with Gasteiger partial charge in [0.2, 0.25) is 0 Å². The number of carboxylic acid groups (broad SMARTS) is 1. The van der Waals surface area contributed by atoms with Crippen molar-refractivity contribution >= 4 is 5.97 Å². The van der Waals surface area contributed by atoms with E-state index in [9.17, 15) is 55.9 Å². The van der Waals surface area contributed by atoms with Crippen molar-refractivity contribution in [2.45, 2.75) is 85.8 Å². The molecule has 0 spiro atoms. The van der Waals surface area contributed by atoms with Crippen LogP contribution in [-0.2, 0) is 28.5 Å². The topological polar surface area (TPSA) is 266 Å². The summed E-state index contributed by atoms with van der Waals surface area (Å²) in [5, 5.41) is 98.6. The minimum atomic E-state index is -1.90. The molecule has 3 fully saturated rings. The fourth-order valence-electron chi connectivity index (χ4n) is 3.95. The van der Waals surface area contributed by atoms with Crippen molar-refractivity contribution in [3.63, 3.8) is 0 Å². The number of aliphatic hydroxyl groups is 9. The molecular formula is C18H30O16. The molecule has 34 heavy (non-hydrogen) atoms. The predicted octanol–water partition coefficient (Wildman–Crippen LogP) is -6.80. The first-order valence-electron chi connectivity index (χ1n) is 10.5. The van der Waals surface area contributed by atoms with Crippen LogP contribution in [0.4, 0.5) is 0 Å². The molecule has 3 aliphatic heterocycles. The molecule has 0 aliphatic carbocycles. The van der Waals surface area contributed by atoms with Gasteiger partial charge in [-0.25, -0.2) is 4.79 Å². The third-order valence-electron chi connectivity index (χ3n) is 6.00. The molecule has 0 radical (unpaired) electrons. The Morgan fingerprint density at radius 1 is 0.706 bits per heavy atom. The van der Waals surface area contributed by atoms with Crippen molar-refractivity contribution in [2.75, 3.05) is 19.8 Å². The second-order valence-electron chi connectivity index (χ2n) is 8.25. The third-order valence-corrected chi connectivity index (χ3v) is 6.00. The van der Waals surface area contributed by atoms with Crippen LogP contribution in [0.3, 0.4) is 0 Å². The highest BCUT2D eigenvalue weighted by molar-refractivity contribution is 5.73. The molecule has 16 heteroatoms. The molecule has 3 saturated heterocycles. The van der Waals surface area contributed by atoms with Crippen molar-refractivity contribution in [3.8, 4) is 0 Å². The minimum Gasteiger partial charge on any atom is -0.479 e. The van der Waals surface area contributed by atoms with Gasteiger partial charge in [-0.3, -0.25) is 0 Å². The predicted molar refractivity (Wildman–Crippen MR) is 101 cm³/mol. The summed E-state index contributed by atoms with van der Waals surface area (Å²) in [7, 11) is 0. The molecule has 198 valence electrons. The first-order chi connectivity index (χ1) is 16.0. The zero-order chi connectivity index (χ0) is 25.3. The van der Waals surface area contributed by atoms with Gasteiger partial charge in [-0.2, -0.15) is 0 Å². The van der Waals surface area contributed by atoms with Crippen LogP contribution in [0.15, 0.2) is 0 Å². The van der Waals surface area contributed by atoms with Gasteiger partial charge in [0.15, 0.2) is 18.7 Å². The summed E-state index contributed by atoms with van der Waals surface area (Å²) in [6.45, 7) is -2.07. The maximum Gasteiger partial charge on any atom is 0.335 e. The zero-order valence-electron chi connectivity index (χ0n) is 17.6. The molecule has 3 aliphatic rings. The van der Waals surface area contributed by atoms with Gasteiger partial charge in [-0.05, 0) is 0 Å². The maximum absolute atomic E-state index is 11.6. The lowest BCUT2D eigenvalue weighted by molar-refractivity contribution is -0.353. The highest BCUT2D eigenvalue weighted by Gasteiger charge is 2.52. The summed E-state index contributed by atoms with van der Waals surface area (Å²) in [5.74, 6) is -1.57. The number of aliphatic carboxylic acids is 1. The van der Waals surface area contributed by atoms with Crippen LogP contribution in [0.25, 0.3) is 0 Å². The Bertz CT molecular complexity index is 676. The lowest BCUT2D eigenvalue weighted by Gasteiger charge is -2.46. The standard InChI is InChI=1S/C18H30O16/c19-1-4-7(21)10(24)12(26)17(31-4)33-6-3-30-15(16(28)29)14(9(6)23)34-18-13(27)11(25)8(22)5(2-20)32-18/h4-15,17-27H,1-3H2,(H,28,29)/t4?,5?,6?,7-,8-,9+,10-,11-,12?,13?,14+,15?,17+,18+/m1/s1. The molecule has 3 rings (SSSR count). The van der Waals surface area contributed by atoms with E-state index in [-0.39, 0.29) is 0 Å². The number of hydrogen-bond acceptors (Lipinski definition) is 15. The monoisotopic (exact) mass is 502 g/mol. The molecule has 0 aromatic heterocycles. The number of hydrogen-bond donors (Lipinski definition) is 10. The van der Waals surface area contributed by atoms with E-state index in [1.807, 2.05) is 0 Å². The first kappa shape index (κ1) is 27.5. The Kier molecular flexibility index (Phi) is 9.15. The van der Waals surface area contributed by atoms with E-state index in [4.69, 9.17) is 23.7 Å². The molecule has 3 heterocycles. The number of rotatable bonds is 7. The zero-order valence-corrected chi connectivity index (χ0v) is 17.6. The van der Waals surface area contributed by atoms with Crippen LogP contribution in [0, 0.1) is 0 Å². The van der Waals surface area contributed by atoms with Gasteiger partial charge < -0.3 is 74.7 Å². The van der Waals surface area contributed by atoms with E-state index in [2.05, 4.69) is 0 Å². The highest BCUT2D eigenvalue weighted by atomic mass is 16.7. The van der Waals surface area contributed by atoms with Crippen molar-refractivity contribution in [3.05, 3.63) is 0 Å². The van der Waals surface area contributed by atoms with Gasteiger partial charge in [-0.15, -0.1) is 0 Å². The van der Waals surface area contributed by atoms with Crippen molar-refractivity contribution in [2.24, 2.45) is 0 Å². The van der Waals surface area contributed by atoms with Crippen LogP contribution >= 0.6 is 0 Å². The fourth-order valence-corrected chi connectivity index (χ4v) is 3.95. The molecule has 10 N–H and O–H groups in total. The normalized spacial score (nSPS) is 50.1. The van der Waals surface area contributed by atoms with Crippen LogP contribution in [0.5, 0.6) is 0 Å². The lowest BCUT2D eigenvalue weighted by Crippen LogP contribution is -2.65. The second-order valence-corrected chi connectivity index (χ2v) is 8.25.